The van der Waals surface area contributed by atoms with E-state index in [4.69, 9.17) is 5.11 Å². The number of carboxylic acid groups (broad SMARTS) is 1. The minimum atomic E-state index is -0.864. The van der Waals surface area contributed by atoms with Gasteiger partial charge in [-0.05, 0) is 19.3 Å². The van der Waals surface area contributed by atoms with Crippen LogP contribution >= 0.6 is 0 Å². The average Bonchev–Trinajstić information content (AvgIpc) is 2.76. The maximum absolute atomic E-state index is 12.3. The molecule has 2 aliphatic heterocycles. The summed E-state index contributed by atoms with van der Waals surface area (Å²) in [5.74, 6) is -1.06. The van der Waals surface area contributed by atoms with E-state index in [9.17, 15) is 14.4 Å². The monoisotopic (exact) mass is 254 g/mol. The van der Waals surface area contributed by atoms with Gasteiger partial charge in [0.15, 0.2) is 0 Å². The lowest BCUT2D eigenvalue weighted by atomic mass is 9.97. The van der Waals surface area contributed by atoms with E-state index in [0.29, 0.717) is 25.9 Å². The van der Waals surface area contributed by atoms with Crippen molar-refractivity contribution < 1.29 is 19.5 Å². The highest BCUT2D eigenvalue weighted by Crippen LogP contribution is 2.24. The maximum Gasteiger partial charge on any atom is 0.305 e. The number of piperidine rings is 1. The molecule has 2 N–H and O–H groups in total. The molecule has 0 saturated carbocycles. The Labute approximate surface area is 105 Å². The van der Waals surface area contributed by atoms with Gasteiger partial charge in [0.1, 0.15) is 0 Å². The molecule has 2 amide bonds. The molecule has 6 nitrogen and oxygen atoms in total. The van der Waals surface area contributed by atoms with Gasteiger partial charge in [-0.25, -0.2) is 0 Å². The van der Waals surface area contributed by atoms with Crippen LogP contribution in [0.15, 0.2) is 0 Å². The van der Waals surface area contributed by atoms with E-state index < -0.39 is 5.97 Å². The quantitative estimate of drug-likeness (QED) is 0.741. The molecule has 100 valence electrons. The Morgan fingerprint density at radius 2 is 2.17 bits per heavy atom. The topological polar surface area (TPSA) is 86.7 Å². The van der Waals surface area contributed by atoms with E-state index in [-0.39, 0.29) is 30.2 Å². The van der Waals surface area contributed by atoms with Gasteiger partial charge in [-0.3, -0.25) is 14.4 Å². The molecule has 0 aromatic carbocycles. The van der Waals surface area contributed by atoms with Gasteiger partial charge in [-0.2, -0.15) is 0 Å². The van der Waals surface area contributed by atoms with Crippen LogP contribution in [-0.4, -0.2) is 46.9 Å². The summed E-state index contributed by atoms with van der Waals surface area (Å²) in [6.07, 6.45) is 2.60. The number of aliphatic carboxylic acids is 1. The lowest BCUT2D eigenvalue weighted by Crippen LogP contribution is -2.46. The van der Waals surface area contributed by atoms with E-state index in [1.807, 2.05) is 0 Å². The van der Waals surface area contributed by atoms with E-state index in [1.165, 1.54) is 0 Å². The number of rotatable bonds is 3. The van der Waals surface area contributed by atoms with Crippen molar-refractivity contribution in [3.8, 4) is 0 Å². The minimum Gasteiger partial charge on any atom is -0.481 e. The molecule has 0 radical (unpaired) electrons. The third kappa shape index (κ3) is 2.80. The summed E-state index contributed by atoms with van der Waals surface area (Å²) < 4.78 is 0. The molecule has 2 heterocycles. The van der Waals surface area contributed by atoms with Crippen LogP contribution in [0.1, 0.15) is 32.1 Å². The molecule has 2 saturated heterocycles. The fourth-order valence-electron chi connectivity index (χ4n) is 2.72. The Morgan fingerprint density at radius 3 is 2.78 bits per heavy atom. The standard InChI is InChI=1S/C12H18N2O4/c15-10-4-3-8(7-13-10)12(18)14-5-1-2-9(14)6-11(16)17/h8-9H,1-7H2,(H,13,15)(H,16,17). The van der Waals surface area contributed by atoms with Gasteiger partial charge in [-0.15, -0.1) is 0 Å². The zero-order valence-electron chi connectivity index (χ0n) is 10.2. The maximum atomic E-state index is 12.3. The van der Waals surface area contributed by atoms with Gasteiger partial charge in [0, 0.05) is 25.6 Å². The summed E-state index contributed by atoms with van der Waals surface area (Å²) in [5, 5.41) is 11.5. The molecule has 2 fully saturated rings. The summed E-state index contributed by atoms with van der Waals surface area (Å²) in [6, 6.07) is -0.173. The highest BCUT2D eigenvalue weighted by atomic mass is 16.4. The lowest BCUT2D eigenvalue weighted by molar-refractivity contribution is -0.141. The van der Waals surface area contributed by atoms with Crippen LogP contribution in [0.5, 0.6) is 0 Å². The lowest BCUT2D eigenvalue weighted by Gasteiger charge is -2.30. The number of hydrogen-bond donors (Lipinski definition) is 2. The van der Waals surface area contributed by atoms with Crippen LogP contribution in [0, 0.1) is 5.92 Å². The second kappa shape index (κ2) is 5.37. The molecule has 0 aromatic rings. The number of likely N-dealkylation sites (tertiary alicyclic amines) is 1. The van der Waals surface area contributed by atoms with Crippen LogP contribution in [0.3, 0.4) is 0 Å². The molecule has 0 spiro atoms. The first-order valence-electron chi connectivity index (χ1n) is 6.37. The minimum absolute atomic E-state index is 0.00116. The molecule has 2 unspecified atom stereocenters. The summed E-state index contributed by atoms with van der Waals surface area (Å²) in [7, 11) is 0. The second-order valence-corrected chi connectivity index (χ2v) is 4.97. The molecular formula is C12H18N2O4. The predicted molar refractivity (Wildman–Crippen MR) is 62.7 cm³/mol. The zero-order valence-corrected chi connectivity index (χ0v) is 10.2. The smallest absolute Gasteiger partial charge is 0.305 e. The molecule has 2 aliphatic rings. The first-order valence-corrected chi connectivity index (χ1v) is 6.37. The van der Waals surface area contributed by atoms with Gasteiger partial charge in [0.05, 0.1) is 12.3 Å². The van der Waals surface area contributed by atoms with Gasteiger partial charge in [-0.1, -0.05) is 0 Å². The van der Waals surface area contributed by atoms with E-state index in [1.54, 1.807) is 4.90 Å². The molecule has 2 atom stereocenters. The van der Waals surface area contributed by atoms with Crippen molar-refractivity contribution in [2.24, 2.45) is 5.92 Å². The summed E-state index contributed by atoms with van der Waals surface area (Å²) in [4.78, 5) is 35.8. The zero-order chi connectivity index (χ0) is 13.1. The Bertz CT molecular complexity index is 359. The highest BCUT2D eigenvalue weighted by Gasteiger charge is 2.35. The Kier molecular flexibility index (Phi) is 3.84. The van der Waals surface area contributed by atoms with Crippen LogP contribution in [0.25, 0.3) is 0 Å². The number of hydrogen-bond acceptors (Lipinski definition) is 3. The first-order chi connectivity index (χ1) is 8.58. The average molecular weight is 254 g/mol. The van der Waals surface area contributed by atoms with Crippen molar-refractivity contribution in [1.82, 2.24) is 10.2 Å². The van der Waals surface area contributed by atoms with Crippen molar-refractivity contribution in [2.75, 3.05) is 13.1 Å². The van der Waals surface area contributed by atoms with Crippen LogP contribution in [0.4, 0.5) is 0 Å². The molecule has 0 aromatic heterocycles. The van der Waals surface area contributed by atoms with Crippen molar-refractivity contribution in [3.63, 3.8) is 0 Å². The second-order valence-electron chi connectivity index (χ2n) is 4.97. The fourth-order valence-corrected chi connectivity index (χ4v) is 2.72. The SMILES string of the molecule is O=C(O)CC1CCCN1C(=O)C1CCC(=O)NC1. The Balaban J connectivity index is 1.95. The van der Waals surface area contributed by atoms with Crippen molar-refractivity contribution in [2.45, 2.75) is 38.1 Å². The van der Waals surface area contributed by atoms with Crippen LogP contribution < -0.4 is 5.32 Å². The van der Waals surface area contributed by atoms with Crippen molar-refractivity contribution in [3.05, 3.63) is 0 Å². The van der Waals surface area contributed by atoms with Gasteiger partial charge < -0.3 is 15.3 Å². The number of carboxylic acids is 1. The number of nitrogens with zero attached hydrogens (tertiary/aromatic N) is 1. The molecule has 0 aliphatic carbocycles. The predicted octanol–water partition coefficient (Wildman–Crippen LogP) is -0.0217. The molecule has 6 heteroatoms. The Morgan fingerprint density at radius 1 is 1.39 bits per heavy atom. The Hall–Kier alpha value is -1.59. The first kappa shape index (κ1) is 12.9. The van der Waals surface area contributed by atoms with E-state index in [0.717, 1.165) is 12.8 Å². The molecular weight excluding hydrogens is 236 g/mol. The molecule has 0 bridgehead atoms. The largest absolute Gasteiger partial charge is 0.481 e. The van der Waals surface area contributed by atoms with Crippen molar-refractivity contribution in [1.29, 1.82) is 0 Å². The summed E-state index contributed by atoms with van der Waals surface area (Å²) in [6.45, 7) is 1.02. The number of amides is 2. The number of carbonyl (C=O) groups excluding carboxylic acids is 2. The third-order valence-corrected chi connectivity index (χ3v) is 3.69. The van der Waals surface area contributed by atoms with Crippen LogP contribution in [0.2, 0.25) is 0 Å². The summed E-state index contributed by atoms with van der Waals surface area (Å²) in [5.41, 5.74) is 0. The number of nitrogens with one attached hydrogen (secondary N) is 1. The third-order valence-electron chi connectivity index (χ3n) is 3.69. The highest BCUT2D eigenvalue weighted by molar-refractivity contribution is 5.84. The summed E-state index contributed by atoms with van der Waals surface area (Å²) >= 11 is 0. The van der Waals surface area contributed by atoms with Gasteiger partial charge >= 0.3 is 5.97 Å². The fraction of sp³-hybridized carbons (Fsp3) is 0.750. The molecule has 18 heavy (non-hydrogen) atoms. The number of carbonyl (C=O) groups is 3. The van der Waals surface area contributed by atoms with Crippen molar-refractivity contribution >= 4 is 17.8 Å². The van der Waals surface area contributed by atoms with Crippen LogP contribution in [-0.2, 0) is 14.4 Å². The van der Waals surface area contributed by atoms with Gasteiger partial charge in [0.2, 0.25) is 11.8 Å². The molecule has 2 rings (SSSR count). The van der Waals surface area contributed by atoms with E-state index >= 15 is 0 Å². The van der Waals surface area contributed by atoms with E-state index in [2.05, 4.69) is 5.32 Å². The normalized spacial score (nSPS) is 28.0. The van der Waals surface area contributed by atoms with Gasteiger partial charge in [0.25, 0.3) is 0 Å².